The zero-order valence-corrected chi connectivity index (χ0v) is 13.1. The minimum absolute atomic E-state index is 0.634. The molecular weight excluding hydrogens is 280 g/mol. The molecule has 0 aliphatic rings. The van der Waals surface area contributed by atoms with Gasteiger partial charge in [-0.2, -0.15) is 0 Å². The lowest BCUT2D eigenvalue weighted by Crippen LogP contribution is -2.05. The average molecular weight is 302 g/mol. The molecule has 0 saturated carbocycles. The summed E-state index contributed by atoms with van der Waals surface area (Å²) in [6, 6.07) is 15.4. The highest BCUT2D eigenvalue weighted by atomic mass is 17.7. The van der Waals surface area contributed by atoms with Gasteiger partial charge in [0.25, 0.3) is 0 Å². The molecule has 2 aromatic carbocycles. The van der Waals surface area contributed by atoms with Crippen LogP contribution in [0.15, 0.2) is 48.5 Å². The Labute approximate surface area is 131 Å². The van der Waals surface area contributed by atoms with Gasteiger partial charge in [-0.3, -0.25) is 0 Å². The van der Waals surface area contributed by atoms with Crippen molar-refractivity contribution in [1.82, 2.24) is 0 Å². The molecule has 0 atom stereocenters. The summed E-state index contributed by atoms with van der Waals surface area (Å²) in [4.78, 5) is 10.3. The summed E-state index contributed by atoms with van der Waals surface area (Å²) in [6.45, 7) is 4.23. The third-order valence-corrected chi connectivity index (χ3v) is 3.26. The zero-order chi connectivity index (χ0) is 15.6. The van der Waals surface area contributed by atoms with Crippen molar-refractivity contribution in [3.63, 3.8) is 0 Å². The van der Waals surface area contributed by atoms with E-state index in [0.717, 1.165) is 36.8 Å². The second kappa shape index (κ2) is 9.07. The van der Waals surface area contributed by atoms with Crippen molar-refractivity contribution >= 4 is 0 Å². The van der Waals surface area contributed by atoms with Gasteiger partial charge in [0.15, 0.2) is 11.5 Å². The van der Waals surface area contributed by atoms with Crippen LogP contribution in [0.5, 0.6) is 11.5 Å². The van der Waals surface area contributed by atoms with Gasteiger partial charge in [0.2, 0.25) is 0 Å². The van der Waals surface area contributed by atoms with E-state index in [2.05, 4.69) is 13.8 Å². The summed E-state index contributed by atoms with van der Waals surface area (Å²) >= 11 is 0. The lowest BCUT2D eigenvalue weighted by molar-refractivity contribution is -0.576. The van der Waals surface area contributed by atoms with Gasteiger partial charge in [0.05, 0.1) is 0 Å². The van der Waals surface area contributed by atoms with Crippen molar-refractivity contribution < 1.29 is 19.9 Å². The maximum absolute atomic E-state index is 5.16. The van der Waals surface area contributed by atoms with Gasteiger partial charge in [-0.1, -0.05) is 63.1 Å². The van der Waals surface area contributed by atoms with Crippen molar-refractivity contribution in [2.45, 2.75) is 39.5 Å². The normalized spacial score (nSPS) is 10.5. The Morgan fingerprint density at radius 2 is 1.05 bits per heavy atom. The molecule has 2 aromatic rings. The monoisotopic (exact) mass is 302 g/mol. The first-order chi connectivity index (χ1) is 10.8. The first-order valence-electron chi connectivity index (χ1n) is 7.68. The first-order valence-corrected chi connectivity index (χ1v) is 7.68. The molecular formula is C18H22O4. The quantitative estimate of drug-likeness (QED) is 0.378. The molecule has 22 heavy (non-hydrogen) atoms. The lowest BCUT2D eigenvalue weighted by atomic mass is 10.1. The molecule has 0 unspecified atom stereocenters. The zero-order valence-electron chi connectivity index (χ0n) is 13.1. The van der Waals surface area contributed by atoms with Crippen LogP contribution in [-0.4, -0.2) is 0 Å². The highest BCUT2D eigenvalue weighted by Gasteiger charge is 2.06. The van der Waals surface area contributed by atoms with Crippen molar-refractivity contribution in [3.05, 3.63) is 59.7 Å². The number of hydrogen-bond acceptors (Lipinski definition) is 4. The Bertz CT molecular complexity index is 517. The summed E-state index contributed by atoms with van der Waals surface area (Å²) in [7, 11) is 0. The molecule has 0 N–H and O–H groups in total. The van der Waals surface area contributed by atoms with E-state index in [1.807, 2.05) is 48.5 Å². The number of rotatable bonds is 9. The van der Waals surface area contributed by atoms with E-state index in [1.165, 1.54) is 0 Å². The molecule has 0 amide bonds. The molecule has 4 nitrogen and oxygen atoms in total. The maximum Gasteiger partial charge on any atom is 0.172 e. The number of benzene rings is 2. The fourth-order valence-electron chi connectivity index (χ4n) is 2.22. The van der Waals surface area contributed by atoms with Gasteiger partial charge in [-0.05, 0) is 36.1 Å². The van der Waals surface area contributed by atoms with Gasteiger partial charge in [0.1, 0.15) is 0 Å². The van der Waals surface area contributed by atoms with Crippen molar-refractivity contribution in [1.29, 1.82) is 0 Å². The van der Waals surface area contributed by atoms with Gasteiger partial charge in [-0.15, -0.1) is 0 Å². The standard InChI is InChI=1S/C18H22O4/c1-3-9-15-11-5-7-13-17(15)19-21-22-20-18-14-8-6-12-16(18)10-4-2/h5-8,11-14H,3-4,9-10H2,1-2H3. The highest BCUT2D eigenvalue weighted by molar-refractivity contribution is 5.33. The predicted octanol–water partition coefficient (Wildman–Crippen LogP) is 4.83. The van der Waals surface area contributed by atoms with Crippen molar-refractivity contribution in [2.75, 3.05) is 0 Å². The van der Waals surface area contributed by atoms with E-state index < -0.39 is 0 Å². The lowest BCUT2D eigenvalue weighted by Gasteiger charge is -2.09. The SMILES string of the molecule is CCCc1ccccc1OOOOc1ccccc1CCC. The molecule has 118 valence electrons. The minimum Gasteiger partial charge on any atom is -0.305 e. The molecule has 0 aliphatic heterocycles. The van der Waals surface area contributed by atoms with Gasteiger partial charge in [-0.25, -0.2) is 0 Å². The second-order valence-corrected chi connectivity index (χ2v) is 5.02. The molecule has 0 aromatic heterocycles. The Morgan fingerprint density at radius 3 is 1.45 bits per heavy atom. The third-order valence-electron chi connectivity index (χ3n) is 3.26. The molecule has 0 heterocycles. The van der Waals surface area contributed by atoms with Crippen LogP contribution < -0.4 is 9.78 Å². The van der Waals surface area contributed by atoms with Crippen LogP contribution in [0.3, 0.4) is 0 Å². The fourth-order valence-corrected chi connectivity index (χ4v) is 2.22. The van der Waals surface area contributed by atoms with Gasteiger partial charge >= 0.3 is 0 Å². The van der Waals surface area contributed by atoms with E-state index in [9.17, 15) is 0 Å². The number of hydrogen-bond donors (Lipinski definition) is 0. The van der Waals surface area contributed by atoms with E-state index in [1.54, 1.807) is 0 Å². The molecule has 0 saturated heterocycles. The Balaban J connectivity index is 1.85. The number of aryl methyl sites for hydroxylation is 2. The van der Waals surface area contributed by atoms with Crippen LogP contribution in [0, 0.1) is 0 Å². The van der Waals surface area contributed by atoms with Crippen molar-refractivity contribution in [3.8, 4) is 11.5 Å². The Morgan fingerprint density at radius 1 is 0.636 bits per heavy atom. The largest absolute Gasteiger partial charge is 0.305 e. The summed E-state index contributed by atoms with van der Waals surface area (Å²) in [5.74, 6) is 1.27. The summed E-state index contributed by atoms with van der Waals surface area (Å²) in [6.07, 6.45) is 3.89. The Kier molecular flexibility index (Phi) is 6.74. The van der Waals surface area contributed by atoms with E-state index in [0.29, 0.717) is 11.5 Å². The molecule has 2 rings (SSSR count). The smallest absolute Gasteiger partial charge is 0.172 e. The van der Waals surface area contributed by atoms with E-state index in [4.69, 9.17) is 19.9 Å². The Hall–Kier alpha value is -2.04. The van der Waals surface area contributed by atoms with Crippen molar-refractivity contribution in [2.24, 2.45) is 0 Å². The predicted molar refractivity (Wildman–Crippen MR) is 84.3 cm³/mol. The van der Waals surface area contributed by atoms with Gasteiger partial charge in [0, 0.05) is 10.1 Å². The molecule has 0 bridgehead atoms. The van der Waals surface area contributed by atoms with E-state index in [-0.39, 0.29) is 0 Å². The first kappa shape index (κ1) is 16.3. The molecule has 4 heteroatoms. The highest BCUT2D eigenvalue weighted by Crippen LogP contribution is 2.22. The topological polar surface area (TPSA) is 36.9 Å². The maximum atomic E-state index is 5.16. The second-order valence-electron chi connectivity index (χ2n) is 5.02. The molecule has 0 radical (unpaired) electrons. The van der Waals surface area contributed by atoms with Crippen LogP contribution in [0.25, 0.3) is 0 Å². The van der Waals surface area contributed by atoms with Crippen LogP contribution in [-0.2, 0) is 22.9 Å². The third kappa shape index (κ3) is 4.76. The summed E-state index contributed by atoms with van der Waals surface area (Å²) in [5.41, 5.74) is 2.14. The molecule has 0 fully saturated rings. The van der Waals surface area contributed by atoms with Gasteiger partial charge < -0.3 is 9.78 Å². The average Bonchev–Trinajstić information content (AvgIpc) is 2.55. The molecule has 0 spiro atoms. The summed E-state index contributed by atoms with van der Waals surface area (Å²) in [5, 5.41) is 9.44. The van der Waals surface area contributed by atoms with Crippen LogP contribution in [0.4, 0.5) is 0 Å². The fraction of sp³-hybridized carbons (Fsp3) is 0.333. The van der Waals surface area contributed by atoms with E-state index >= 15 is 0 Å². The number of para-hydroxylation sites is 2. The summed E-state index contributed by atoms with van der Waals surface area (Å²) < 4.78 is 0. The van der Waals surface area contributed by atoms with Crippen LogP contribution in [0.2, 0.25) is 0 Å². The molecule has 0 aliphatic carbocycles. The van der Waals surface area contributed by atoms with Crippen LogP contribution in [0.1, 0.15) is 37.8 Å². The van der Waals surface area contributed by atoms with Crippen LogP contribution >= 0.6 is 0 Å². The minimum atomic E-state index is 0.634.